The molecule has 1 aliphatic heterocycles. The summed E-state index contributed by atoms with van der Waals surface area (Å²) in [5.74, 6) is 0.363. The molecule has 23 heavy (non-hydrogen) atoms. The van der Waals surface area contributed by atoms with E-state index in [1.54, 1.807) is 12.1 Å². The van der Waals surface area contributed by atoms with Gasteiger partial charge in [0.2, 0.25) is 0 Å². The molecule has 1 saturated heterocycles. The Bertz CT molecular complexity index is 526. The van der Waals surface area contributed by atoms with E-state index in [0.717, 1.165) is 25.2 Å². The summed E-state index contributed by atoms with van der Waals surface area (Å²) in [6.07, 6.45) is 4.81. The number of benzene rings is 1. The number of carbonyl (C=O) groups is 1. The Morgan fingerprint density at radius 1 is 1.09 bits per heavy atom. The molecule has 4 nitrogen and oxygen atoms in total. The molecule has 126 valence electrons. The summed E-state index contributed by atoms with van der Waals surface area (Å²) < 4.78 is 13.0. The van der Waals surface area contributed by atoms with Crippen LogP contribution >= 0.6 is 0 Å². The number of halogens is 1. The van der Waals surface area contributed by atoms with Crippen molar-refractivity contribution in [3.8, 4) is 0 Å². The van der Waals surface area contributed by atoms with Gasteiger partial charge in [-0.05, 0) is 43.0 Å². The van der Waals surface area contributed by atoms with Gasteiger partial charge in [0.1, 0.15) is 5.82 Å². The summed E-state index contributed by atoms with van der Waals surface area (Å²) >= 11 is 0. The second kappa shape index (κ2) is 7.20. The van der Waals surface area contributed by atoms with Crippen LogP contribution in [0.5, 0.6) is 0 Å². The van der Waals surface area contributed by atoms with Crippen LogP contribution in [0.15, 0.2) is 24.3 Å². The van der Waals surface area contributed by atoms with Crippen molar-refractivity contribution in [2.45, 2.75) is 38.6 Å². The van der Waals surface area contributed by atoms with Gasteiger partial charge in [0, 0.05) is 37.9 Å². The number of carbonyl (C=O) groups excluding carboxylic acids is 1. The molecule has 0 radical (unpaired) electrons. The number of anilines is 1. The minimum atomic E-state index is -0.214. The third-order valence-corrected chi connectivity index (χ3v) is 5.18. The molecule has 3 rings (SSSR count). The summed E-state index contributed by atoms with van der Waals surface area (Å²) in [4.78, 5) is 16.6. The second-order valence-corrected chi connectivity index (χ2v) is 6.77. The first kappa shape index (κ1) is 16.1. The van der Waals surface area contributed by atoms with Gasteiger partial charge in [-0.25, -0.2) is 9.18 Å². The predicted molar refractivity (Wildman–Crippen MR) is 90.1 cm³/mol. The molecule has 0 spiro atoms. The van der Waals surface area contributed by atoms with Crippen LogP contribution in [0.25, 0.3) is 0 Å². The van der Waals surface area contributed by atoms with Crippen LogP contribution in [0.4, 0.5) is 14.9 Å². The van der Waals surface area contributed by atoms with E-state index < -0.39 is 0 Å². The molecule has 1 aliphatic carbocycles. The van der Waals surface area contributed by atoms with Crippen molar-refractivity contribution in [1.29, 1.82) is 0 Å². The van der Waals surface area contributed by atoms with Crippen molar-refractivity contribution in [2.24, 2.45) is 5.92 Å². The molecular formula is C18H26FN3O. The van der Waals surface area contributed by atoms with E-state index in [0.29, 0.717) is 25.0 Å². The summed E-state index contributed by atoms with van der Waals surface area (Å²) in [6.45, 7) is 5.24. The highest BCUT2D eigenvalue weighted by Gasteiger charge is 2.26. The molecule has 1 saturated carbocycles. The van der Waals surface area contributed by atoms with E-state index >= 15 is 0 Å². The molecule has 5 heteroatoms. The first-order valence-electron chi connectivity index (χ1n) is 8.69. The number of amides is 2. The Kier molecular flexibility index (Phi) is 5.03. The Morgan fingerprint density at radius 3 is 2.39 bits per heavy atom. The SMILES string of the molecule is CC1CCCCC1NC(=O)N1CCN(c2ccc(F)cc2)CC1. The summed E-state index contributed by atoms with van der Waals surface area (Å²) in [5, 5.41) is 3.22. The fourth-order valence-electron chi connectivity index (χ4n) is 3.60. The standard InChI is InChI=1S/C18H26FN3O/c1-14-4-2-3-5-17(14)20-18(23)22-12-10-21(11-13-22)16-8-6-15(19)7-9-16/h6-9,14,17H,2-5,10-13H2,1H3,(H,20,23). The van der Waals surface area contributed by atoms with Crippen molar-refractivity contribution in [1.82, 2.24) is 10.2 Å². The molecule has 1 aromatic carbocycles. The lowest BCUT2D eigenvalue weighted by molar-refractivity contribution is 0.179. The van der Waals surface area contributed by atoms with Gasteiger partial charge in [-0.1, -0.05) is 19.8 Å². The Hall–Kier alpha value is -1.78. The van der Waals surface area contributed by atoms with Gasteiger partial charge in [0.05, 0.1) is 0 Å². The largest absolute Gasteiger partial charge is 0.368 e. The first-order chi connectivity index (χ1) is 11.1. The summed E-state index contributed by atoms with van der Waals surface area (Å²) in [5.41, 5.74) is 1.02. The van der Waals surface area contributed by atoms with E-state index in [1.807, 2.05) is 4.90 Å². The smallest absolute Gasteiger partial charge is 0.317 e. The van der Waals surface area contributed by atoms with Crippen LogP contribution in [-0.2, 0) is 0 Å². The molecule has 2 atom stereocenters. The van der Waals surface area contributed by atoms with Crippen molar-refractivity contribution >= 4 is 11.7 Å². The van der Waals surface area contributed by atoms with E-state index in [-0.39, 0.29) is 11.8 Å². The van der Waals surface area contributed by atoms with E-state index in [9.17, 15) is 9.18 Å². The molecular weight excluding hydrogens is 293 g/mol. The van der Waals surface area contributed by atoms with Gasteiger partial charge >= 0.3 is 6.03 Å². The predicted octanol–water partition coefficient (Wildman–Crippen LogP) is 3.24. The lowest BCUT2D eigenvalue weighted by Crippen LogP contribution is -2.54. The second-order valence-electron chi connectivity index (χ2n) is 6.77. The quantitative estimate of drug-likeness (QED) is 0.908. The Labute approximate surface area is 137 Å². The summed E-state index contributed by atoms with van der Waals surface area (Å²) in [6, 6.07) is 6.97. The monoisotopic (exact) mass is 319 g/mol. The highest BCUT2D eigenvalue weighted by atomic mass is 19.1. The van der Waals surface area contributed by atoms with Gasteiger partial charge in [-0.2, -0.15) is 0 Å². The lowest BCUT2D eigenvalue weighted by atomic mass is 9.86. The molecule has 2 amide bonds. The zero-order chi connectivity index (χ0) is 16.2. The topological polar surface area (TPSA) is 35.6 Å². The maximum absolute atomic E-state index is 13.0. The molecule has 1 heterocycles. The minimum absolute atomic E-state index is 0.0718. The first-order valence-corrected chi connectivity index (χ1v) is 8.69. The van der Waals surface area contributed by atoms with Crippen LogP contribution in [0, 0.1) is 11.7 Å². The van der Waals surface area contributed by atoms with Gasteiger partial charge in [0.25, 0.3) is 0 Å². The minimum Gasteiger partial charge on any atom is -0.368 e. The highest BCUT2D eigenvalue weighted by Crippen LogP contribution is 2.24. The van der Waals surface area contributed by atoms with Crippen molar-refractivity contribution in [2.75, 3.05) is 31.1 Å². The molecule has 1 aromatic rings. The van der Waals surface area contributed by atoms with Crippen LogP contribution in [0.2, 0.25) is 0 Å². The lowest BCUT2D eigenvalue weighted by Gasteiger charge is -2.38. The van der Waals surface area contributed by atoms with Crippen molar-refractivity contribution in [3.05, 3.63) is 30.1 Å². The summed E-state index contributed by atoms with van der Waals surface area (Å²) in [7, 11) is 0. The number of nitrogens with zero attached hydrogens (tertiary/aromatic N) is 2. The van der Waals surface area contributed by atoms with Crippen LogP contribution in [-0.4, -0.2) is 43.2 Å². The zero-order valence-electron chi connectivity index (χ0n) is 13.8. The normalized spacial score (nSPS) is 25.3. The molecule has 2 fully saturated rings. The molecule has 0 bridgehead atoms. The van der Waals surface area contributed by atoms with E-state index in [2.05, 4.69) is 17.1 Å². The maximum Gasteiger partial charge on any atom is 0.317 e. The van der Waals surface area contributed by atoms with Crippen LogP contribution in [0.3, 0.4) is 0 Å². The van der Waals surface area contributed by atoms with E-state index in [4.69, 9.17) is 0 Å². The average molecular weight is 319 g/mol. The van der Waals surface area contributed by atoms with Crippen molar-refractivity contribution in [3.63, 3.8) is 0 Å². The van der Waals surface area contributed by atoms with Gasteiger partial charge < -0.3 is 15.1 Å². The molecule has 1 N–H and O–H groups in total. The third kappa shape index (κ3) is 3.95. The Morgan fingerprint density at radius 2 is 1.74 bits per heavy atom. The van der Waals surface area contributed by atoms with Crippen molar-refractivity contribution < 1.29 is 9.18 Å². The molecule has 2 aliphatic rings. The fourth-order valence-corrected chi connectivity index (χ4v) is 3.60. The van der Waals surface area contributed by atoms with Gasteiger partial charge in [0.15, 0.2) is 0 Å². The number of hydrogen-bond donors (Lipinski definition) is 1. The third-order valence-electron chi connectivity index (χ3n) is 5.18. The highest BCUT2D eigenvalue weighted by molar-refractivity contribution is 5.75. The van der Waals surface area contributed by atoms with E-state index in [1.165, 1.54) is 31.4 Å². The number of nitrogens with one attached hydrogen (secondary N) is 1. The van der Waals surface area contributed by atoms with Crippen LogP contribution in [0.1, 0.15) is 32.6 Å². The Balaban J connectivity index is 1.50. The number of piperazine rings is 1. The fraction of sp³-hybridized carbons (Fsp3) is 0.611. The van der Waals surface area contributed by atoms with Crippen LogP contribution < -0.4 is 10.2 Å². The number of hydrogen-bond acceptors (Lipinski definition) is 2. The maximum atomic E-state index is 13.0. The van der Waals surface area contributed by atoms with Gasteiger partial charge in [-0.15, -0.1) is 0 Å². The van der Waals surface area contributed by atoms with Gasteiger partial charge in [-0.3, -0.25) is 0 Å². The average Bonchev–Trinajstić information content (AvgIpc) is 2.58. The molecule has 2 unspecified atom stereocenters. The number of urea groups is 1. The zero-order valence-corrected chi connectivity index (χ0v) is 13.8. The number of rotatable bonds is 2. The molecule has 0 aromatic heterocycles.